The molecule has 0 amide bonds. The molecule has 1 saturated heterocycles. The van der Waals surface area contributed by atoms with E-state index in [0.29, 0.717) is 18.0 Å². The van der Waals surface area contributed by atoms with E-state index in [1.807, 2.05) is 26.0 Å². The minimum Gasteiger partial charge on any atom is -0.486 e. The van der Waals surface area contributed by atoms with Crippen molar-refractivity contribution in [3.05, 3.63) is 35.9 Å². The Kier molecular flexibility index (Phi) is 6.64. The number of fused-ring (bicyclic) bond motifs is 1. The maximum absolute atomic E-state index is 5.78. The fourth-order valence-electron chi connectivity index (χ4n) is 3.50. The number of thioether (sulfide) groups is 1. The molecule has 26 heavy (non-hydrogen) atoms. The monoisotopic (exact) mass is 471 g/mol. The third-order valence-electron chi connectivity index (χ3n) is 4.63. The van der Waals surface area contributed by atoms with Crippen molar-refractivity contribution in [3.63, 3.8) is 0 Å². The predicted octanol–water partition coefficient (Wildman–Crippen LogP) is 5.36. The lowest BCUT2D eigenvalue weighted by atomic mass is 9.74. The highest BCUT2D eigenvalue weighted by atomic mass is 79.9. The SMILES string of the molecule is CC.S=C1NC(c2ccc3c(c2)OCCO3)(C2C=CCC(Br)C2)C(=S)S1. The van der Waals surface area contributed by atoms with Crippen LogP contribution in [0.15, 0.2) is 30.4 Å². The molecule has 1 fully saturated rings. The number of allylic oxidation sites excluding steroid dienone is 1. The van der Waals surface area contributed by atoms with Crippen LogP contribution in [0.25, 0.3) is 0 Å². The molecule has 140 valence electrons. The number of nitrogens with one attached hydrogen (secondary N) is 1. The molecule has 0 spiro atoms. The predicted molar refractivity (Wildman–Crippen MR) is 121 cm³/mol. The van der Waals surface area contributed by atoms with Crippen LogP contribution in [0.5, 0.6) is 11.5 Å². The second kappa shape index (κ2) is 8.59. The minimum absolute atomic E-state index is 0.235. The van der Waals surface area contributed by atoms with Crippen LogP contribution in [-0.4, -0.2) is 26.6 Å². The van der Waals surface area contributed by atoms with Crippen molar-refractivity contribution in [2.24, 2.45) is 5.92 Å². The Bertz CT molecular complexity index is 739. The average molecular weight is 472 g/mol. The van der Waals surface area contributed by atoms with Gasteiger partial charge in [-0.1, -0.05) is 84.2 Å². The lowest BCUT2D eigenvalue weighted by Crippen LogP contribution is -2.49. The summed E-state index contributed by atoms with van der Waals surface area (Å²) in [5.41, 5.74) is 0.607. The second-order valence-corrected chi connectivity index (χ2v) is 9.72. The summed E-state index contributed by atoms with van der Waals surface area (Å²) in [7, 11) is 0. The summed E-state index contributed by atoms with van der Waals surface area (Å²) < 4.78 is 13.0. The van der Waals surface area contributed by atoms with Gasteiger partial charge in [0.15, 0.2) is 11.5 Å². The molecule has 1 aromatic carbocycles. The zero-order chi connectivity index (χ0) is 18.7. The first-order valence-electron chi connectivity index (χ1n) is 8.85. The van der Waals surface area contributed by atoms with E-state index in [1.165, 1.54) is 11.8 Å². The highest BCUT2D eigenvalue weighted by molar-refractivity contribution is 9.09. The molecule has 1 N–H and O–H groups in total. The number of thiocarbonyl (C=S) groups is 2. The van der Waals surface area contributed by atoms with Crippen LogP contribution in [-0.2, 0) is 5.54 Å². The summed E-state index contributed by atoms with van der Waals surface area (Å²) in [5, 5.41) is 3.52. The largest absolute Gasteiger partial charge is 0.486 e. The lowest BCUT2D eigenvalue weighted by molar-refractivity contribution is 0.171. The molecule has 4 rings (SSSR count). The number of hydrogen-bond donors (Lipinski definition) is 1. The van der Waals surface area contributed by atoms with Gasteiger partial charge in [-0.3, -0.25) is 0 Å². The number of halogens is 1. The molecule has 2 heterocycles. The summed E-state index contributed by atoms with van der Waals surface area (Å²) in [6.45, 7) is 5.16. The van der Waals surface area contributed by atoms with E-state index in [-0.39, 0.29) is 5.92 Å². The molecule has 0 saturated carbocycles. The standard InChI is InChI=1S/C17H16BrNO2S3.C2H6/c18-12-3-1-2-10(8-12)17(15(22)24-16(23)19-17)11-4-5-13-14(9-11)21-7-6-20-13;1-2/h1-2,4-5,9-10,12H,3,6-8H2,(H,19,23);1-2H3. The third-order valence-corrected chi connectivity index (χ3v) is 7.10. The molecule has 1 aliphatic carbocycles. The van der Waals surface area contributed by atoms with Gasteiger partial charge in [0, 0.05) is 10.7 Å². The lowest BCUT2D eigenvalue weighted by Gasteiger charge is -2.39. The zero-order valence-corrected chi connectivity index (χ0v) is 18.8. The first kappa shape index (κ1) is 20.1. The molecule has 3 unspecified atom stereocenters. The Balaban J connectivity index is 0.000000948. The molecule has 0 aromatic heterocycles. The van der Waals surface area contributed by atoms with Crippen LogP contribution in [0.1, 0.15) is 32.3 Å². The summed E-state index contributed by atoms with van der Waals surface area (Å²) in [4.78, 5) is 0.449. The van der Waals surface area contributed by atoms with E-state index < -0.39 is 5.54 Å². The molecule has 2 aliphatic heterocycles. The number of rotatable bonds is 2. The van der Waals surface area contributed by atoms with Crippen molar-refractivity contribution >= 4 is 60.6 Å². The van der Waals surface area contributed by atoms with Crippen molar-refractivity contribution < 1.29 is 9.47 Å². The first-order chi connectivity index (χ1) is 12.6. The quantitative estimate of drug-likeness (QED) is 0.354. The topological polar surface area (TPSA) is 30.5 Å². The van der Waals surface area contributed by atoms with Crippen molar-refractivity contribution in [2.45, 2.75) is 37.1 Å². The van der Waals surface area contributed by atoms with Gasteiger partial charge in [-0.05, 0) is 30.5 Å². The third kappa shape index (κ3) is 3.68. The Morgan fingerprint density at radius 1 is 1.19 bits per heavy atom. The Hall–Kier alpha value is -0.630. The van der Waals surface area contributed by atoms with Gasteiger partial charge in [-0.15, -0.1) is 0 Å². The summed E-state index contributed by atoms with van der Waals surface area (Å²) in [6, 6.07) is 6.10. The zero-order valence-electron chi connectivity index (χ0n) is 14.8. The summed E-state index contributed by atoms with van der Waals surface area (Å²) in [6.07, 6.45) is 6.53. The van der Waals surface area contributed by atoms with Gasteiger partial charge in [0.05, 0.1) is 4.20 Å². The van der Waals surface area contributed by atoms with Crippen LogP contribution in [0, 0.1) is 5.92 Å². The van der Waals surface area contributed by atoms with Crippen molar-refractivity contribution in [2.75, 3.05) is 13.2 Å². The molecule has 1 aromatic rings. The van der Waals surface area contributed by atoms with E-state index in [9.17, 15) is 0 Å². The molecule has 0 radical (unpaired) electrons. The van der Waals surface area contributed by atoms with Gasteiger partial charge in [0.1, 0.15) is 23.1 Å². The van der Waals surface area contributed by atoms with Crippen LogP contribution < -0.4 is 14.8 Å². The van der Waals surface area contributed by atoms with E-state index >= 15 is 0 Å². The molecule has 0 bridgehead atoms. The molecular weight excluding hydrogens is 450 g/mol. The number of hydrogen-bond acceptors (Lipinski definition) is 5. The summed E-state index contributed by atoms with van der Waals surface area (Å²) >= 11 is 16.5. The van der Waals surface area contributed by atoms with Crippen molar-refractivity contribution in [1.29, 1.82) is 0 Å². The van der Waals surface area contributed by atoms with Gasteiger partial charge in [-0.2, -0.15) is 0 Å². The van der Waals surface area contributed by atoms with E-state index in [1.54, 1.807) is 0 Å². The number of alkyl halides is 1. The molecular formula is C19H22BrNO2S3. The van der Waals surface area contributed by atoms with Crippen molar-refractivity contribution in [1.82, 2.24) is 5.32 Å². The van der Waals surface area contributed by atoms with Crippen LogP contribution in [0.3, 0.4) is 0 Å². The number of ether oxygens (including phenoxy) is 2. The van der Waals surface area contributed by atoms with Crippen molar-refractivity contribution in [3.8, 4) is 11.5 Å². The van der Waals surface area contributed by atoms with Crippen LogP contribution in [0.4, 0.5) is 0 Å². The molecule has 3 atom stereocenters. The summed E-state index contributed by atoms with van der Waals surface area (Å²) in [5.74, 6) is 1.80. The van der Waals surface area contributed by atoms with Crippen LogP contribution >= 0.6 is 52.1 Å². The fourth-order valence-corrected chi connectivity index (χ4v) is 6.12. The van der Waals surface area contributed by atoms with Gasteiger partial charge < -0.3 is 14.8 Å². The minimum atomic E-state index is -0.476. The smallest absolute Gasteiger partial charge is 0.161 e. The highest BCUT2D eigenvalue weighted by Gasteiger charge is 2.49. The maximum Gasteiger partial charge on any atom is 0.161 e. The highest BCUT2D eigenvalue weighted by Crippen LogP contribution is 2.47. The van der Waals surface area contributed by atoms with Gasteiger partial charge in [0.25, 0.3) is 0 Å². The molecule has 3 aliphatic rings. The van der Waals surface area contributed by atoms with Gasteiger partial charge in [0.2, 0.25) is 0 Å². The molecule has 3 nitrogen and oxygen atoms in total. The Labute approximate surface area is 178 Å². The first-order valence-corrected chi connectivity index (χ1v) is 11.4. The number of benzene rings is 1. The van der Waals surface area contributed by atoms with E-state index in [0.717, 1.165) is 38.4 Å². The van der Waals surface area contributed by atoms with Crippen LogP contribution in [0.2, 0.25) is 0 Å². The average Bonchev–Trinajstić information content (AvgIpc) is 2.98. The fraction of sp³-hybridized carbons (Fsp3) is 0.474. The van der Waals surface area contributed by atoms with Gasteiger partial charge >= 0.3 is 0 Å². The normalized spacial score (nSPS) is 29.7. The molecule has 7 heteroatoms. The van der Waals surface area contributed by atoms with E-state index in [2.05, 4.69) is 39.5 Å². The second-order valence-electron chi connectivity index (χ2n) is 6.07. The van der Waals surface area contributed by atoms with E-state index in [4.69, 9.17) is 33.9 Å². The maximum atomic E-state index is 5.78. The Morgan fingerprint density at radius 3 is 2.58 bits per heavy atom. The Morgan fingerprint density at radius 2 is 1.92 bits per heavy atom. The van der Waals surface area contributed by atoms with Gasteiger partial charge in [-0.25, -0.2) is 0 Å².